The van der Waals surface area contributed by atoms with Crippen molar-refractivity contribution in [3.8, 4) is 0 Å². The van der Waals surface area contributed by atoms with Crippen LogP contribution in [0.5, 0.6) is 0 Å². The molecular formula is C8H11BrN2. The Bertz CT molecular complexity index is 235. The van der Waals surface area contributed by atoms with Crippen LogP contribution in [-0.4, -0.2) is 10.2 Å². The van der Waals surface area contributed by atoms with Crippen molar-refractivity contribution in [2.24, 2.45) is 5.92 Å². The zero-order valence-electron chi connectivity index (χ0n) is 6.71. The lowest BCUT2D eigenvalue weighted by molar-refractivity contribution is 0.627. The van der Waals surface area contributed by atoms with E-state index in [-0.39, 0.29) is 0 Å². The van der Waals surface area contributed by atoms with E-state index in [0.29, 0.717) is 5.92 Å². The Labute approximate surface area is 75.2 Å². The molecule has 0 N–H and O–H groups in total. The van der Waals surface area contributed by atoms with E-state index in [1.807, 2.05) is 6.07 Å². The zero-order chi connectivity index (χ0) is 8.27. The van der Waals surface area contributed by atoms with Gasteiger partial charge in [-0.05, 0) is 34.3 Å². The van der Waals surface area contributed by atoms with Gasteiger partial charge in [0.25, 0.3) is 0 Å². The summed E-state index contributed by atoms with van der Waals surface area (Å²) in [6.07, 6.45) is 2.69. The van der Waals surface area contributed by atoms with Crippen LogP contribution in [0.3, 0.4) is 0 Å². The van der Waals surface area contributed by atoms with E-state index in [1.165, 1.54) is 0 Å². The standard InChI is InChI=1S/C8H11BrN2/c1-6(2)3-8-4-7(9)5-10-11-8/h4-6H,3H2,1-2H3. The molecule has 0 aromatic carbocycles. The molecule has 0 fully saturated rings. The van der Waals surface area contributed by atoms with E-state index in [9.17, 15) is 0 Å². The van der Waals surface area contributed by atoms with Crippen LogP contribution >= 0.6 is 15.9 Å². The third-order valence-corrected chi connectivity index (χ3v) is 1.72. The Morgan fingerprint density at radius 3 is 2.82 bits per heavy atom. The summed E-state index contributed by atoms with van der Waals surface area (Å²) in [5.74, 6) is 0.638. The fourth-order valence-corrected chi connectivity index (χ4v) is 1.26. The van der Waals surface area contributed by atoms with Gasteiger partial charge in [-0.15, -0.1) is 0 Å². The highest BCUT2D eigenvalue weighted by Gasteiger charge is 1.99. The molecule has 0 unspecified atom stereocenters. The Kier molecular flexibility index (Phi) is 3.00. The molecule has 0 aliphatic heterocycles. The lowest BCUT2D eigenvalue weighted by atomic mass is 10.1. The Morgan fingerprint density at radius 1 is 1.55 bits per heavy atom. The average Bonchev–Trinajstić information content (AvgIpc) is 1.85. The summed E-state index contributed by atoms with van der Waals surface area (Å²) in [6.45, 7) is 4.34. The summed E-state index contributed by atoms with van der Waals surface area (Å²) < 4.78 is 1.00. The minimum Gasteiger partial charge on any atom is -0.158 e. The number of nitrogens with zero attached hydrogens (tertiary/aromatic N) is 2. The van der Waals surface area contributed by atoms with E-state index in [1.54, 1.807) is 6.20 Å². The molecule has 0 aliphatic rings. The maximum Gasteiger partial charge on any atom is 0.0644 e. The van der Waals surface area contributed by atoms with Crippen LogP contribution < -0.4 is 0 Å². The molecule has 1 aromatic rings. The van der Waals surface area contributed by atoms with Crippen LogP contribution in [0.1, 0.15) is 19.5 Å². The topological polar surface area (TPSA) is 25.8 Å². The van der Waals surface area contributed by atoms with Gasteiger partial charge < -0.3 is 0 Å². The molecule has 60 valence electrons. The monoisotopic (exact) mass is 214 g/mol. The molecule has 0 atom stereocenters. The van der Waals surface area contributed by atoms with Crippen molar-refractivity contribution < 1.29 is 0 Å². The first-order chi connectivity index (χ1) is 5.18. The van der Waals surface area contributed by atoms with Crippen molar-refractivity contribution in [2.45, 2.75) is 20.3 Å². The minimum absolute atomic E-state index is 0.638. The van der Waals surface area contributed by atoms with Crippen LogP contribution in [0.25, 0.3) is 0 Å². The van der Waals surface area contributed by atoms with Gasteiger partial charge in [0.15, 0.2) is 0 Å². The summed E-state index contributed by atoms with van der Waals surface area (Å²) in [6, 6.07) is 2.01. The van der Waals surface area contributed by atoms with Gasteiger partial charge in [0, 0.05) is 4.47 Å². The van der Waals surface area contributed by atoms with Gasteiger partial charge in [0.05, 0.1) is 11.9 Å². The molecule has 1 rings (SSSR count). The number of aromatic nitrogens is 2. The van der Waals surface area contributed by atoms with Crippen LogP contribution in [0.15, 0.2) is 16.7 Å². The molecule has 0 radical (unpaired) electrons. The van der Waals surface area contributed by atoms with E-state index < -0.39 is 0 Å². The molecule has 1 heterocycles. The predicted octanol–water partition coefficient (Wildman–Crippen LogP) is 2.44. The molecule has 3 heteroatoms. The third kappa shape index (κ3) is 2.97. The Morgan fingerprint density at radius 2 is 2.27 bits per heavy atom. The van der Waals surface area contributed by atoms with Gasteiger partial charge in [-0.3, -0.25) is 0 Å². The highest BCUT2D eigenvalue weighted by Crippen LogP contribution is 2.10. The second kappa shape index (κ2) is 3.81. The molecule has 0 bridgehead atoms. The van der Waals surface area contributed by atoms with Crippen molar-refractivity contribution in [1.82, 2.24) is 10.2 Å². The molecule has 0 aliphatic carbocycles. The molecule has 0 amide bonds. The summed E-state index contributed by atoms with van der Waals surface area (Å²) in [5.41, 5.74) is 1.05. The first kappa shape index (κ1) is 8.65. The zero-order valence-corrected chi connectivity index (χ0v) is 8.30. The van der Waals surface area contributed by atoms with E-state index in [4.69, 9.17) is 0 Å². The Hall–Kier alpha value is -0.440. The van der Waals surface area contributed by atoms with Crippen molar-refractivity contribution in [2.75, 3.05) is 0 Å². The predicted molar refractivity (Wildman–Crippen MR) is 48.3 cm³/mol. The van der Waals surface area contributed by atoms with Crippen molar-refractivity contribution >= 4 is 15.9 Å². The first-order valence-electron chi connectivity index (χ1n) is 3.65. The number of hydrogen-bond donors (Lipinski definition) is 0. The SMILES string of the molecule is CC(C)Cc1cc(Br)cnn1. The average molecular weight is 215 g/mol. The fraction of sp³-hybridized carbons (Fsp3) is 0.500. The molecule has 11 heavy (non-hydrogen) atoms. The smallest absolute Gasteiger partial charge is 0.0644 e. The second-order valence-electron chi connectivity index (χ2n) is 2.96. The third-order valence-electron chi connectivity index (χ3n) is 1.29. The van der Waals surface area contributed by atoms with Gasteiger partial charge in [-0.1, -0.05) is 13.8 Å². The van der Waals surface area contributed by atoms with E-state index in [0.717, 1.165) is 16.6 Å². The summed E-state index contributed by atoms with van der Waals surface area (Å²) in [4.78, 5) is 0. The molecule has 0 saturated carbocycles. The molecule has 0 saturated heterocycles. The second-order valence-corrected chi connectivity index (χ2v) is 3.88. The number of halogens is 1. The maximum atomic E-state index is 4.00. The fourth-order valence-electron chi connectivity index (χ4n) is 0.902. The van der Waals surface area contributed by atoms with Crippen LogP contribution in [0.2, 0.25) is 0 Å². The summed E-state index contributed by atoms with van der Waals surface area (Å²) >= 11 is 3.35. The van der Waals surface area contributed by atoms with Gasteiger partial charge in [0.2, 0.25) is 0 Å². The highest BCUT2D eigenvalue weighted by atomic mass is 79.9. The normalized spacial score (nSPS) is 10.5. The maximum absolute atomic E-state index is 4.00. The molecule has 0 spiro atoms. The van der Waals surface area contributed by atoms with Crippen molar-refractivity contribution in [1.29, 1.82) is 0 Å². The lowest BCUT2D eigenvalue weighted by Crippen LogP contribution is -1.98. The van der Waals surface area contributed by atoms with Gasteiger partial charge in [-0.2, -0.15) is 10.2 Å². The molecule has 1 aromatic heterocycles. The molecule has 2 nitrogen and oxygen atoms in total. The van der Waals surface area contributed by atoms with Gasteiger partial charge in [-0.25, -0.2) is 0 Å². The lowest BCUT2D eigenvalue weighted by Gasteiger charge is -2.01. The number of rotatable bonds is 2. The van der Waals surface area contributed by atoms with Gasteiger partial charge >= 0.3 is 0 Å². The van der Waals surface area contributed by atoms with E-state index in [2.05, 4.69) is 40.0 Å². The van der Waals surface area contributed by atoms with Crippen LogP contribution in [-0.2, 0) is 6.42 Å². The number of hydrogen-bond acceptors (Lipinski definition) is 2. The summed E-state index contributed by atoms with van der Waals surface area (Å²) in [7, 11) is 0. The molecular weight excluding hydrogens is 204 g/mol. The van der Waals surface area contributed by atoms with Crippen molar-refractivity contribution in [3.05, 3.63) is 22.4 Å². The van der Waals surface area contributed by atoms with Crippen LogP contribution in [0.4, 0.5) is 0 Å². The van der Waals surface area contributed by atoms with E-state index >= 15 is 0 Å². The van der Waals surface area contributed by atoms with Crippen LogP contribution in [0, 0.1) is 5.92 Å². The minimum atomic E-state index is 0.638. The van der Waals surface area contributed by atoms with Crippen molar-refractivity contribution in [3.63, 3.8) is 0 Å². The Balaban J connectivity index is 2.71. The summed E-state index contributed by atoms with van der Waals surface area (Å²) in [5, 5.41) is 7.84. The largest absolute Gasteiger partial charge is 0.158 e. The van der Waals surface area contributed by atoms with Gasteiger partial charge in [0.1, 0.15) is 0 Å². The highest BCUT2D eigenvalue weighted by molar-refractivity contribution is 9.10. The first-order valence-corrected chi connectivity index (χ1v) is 4.45. The quantitative estimate of drug-likeness (QED) is 0.757.